The molecule has 0 aromatic heterocycles. The van der Waals surface area contributed by atoms with Crippen LogP contribution in [0.25, 0.3) is 0 Å². The summed E-state index contributed by atoms with van der Waals surface area (Å²) in [5.41, 5.74) is 0. The molecule has 1 aliphatic rings. The van der Waals surface area contributed by atoms with Crippen LogP contribution in [0.2, 0.25) is 0 Å². The average molecular weight is 176 g/mol. The Kier molecular flexibility index (Phi) is 3.87. The molecule has 0 bridgehead atoms. The van der Waals surface area contributed by atoms with E-state index in [0.717, 1.165) is 0 Å². The molecule has 2 heteroatoms. The molecule has 0 atom stereocenters. The van der Waals surface area contributed by atoms with Crippen molar-refractivity contribution in [2.75, 3.05) is 0 Å². The van der Waals surface area contributed by atoms with Gasteiger partial charge in [-0.05, 0) is 24.9 Å². The third-order valence-electron chi connectivity index (χ3n) is 2.27. The Hall–Kier alpha value is -0.415. The first-order valence-electron chi connectivity index (χ1n) is 5.23. The minimum absolute atomic E-state index is 0.550. The van der Waals surface area contributed by atoms with E-state index >= 15 is 0 Å². The van der Waals surface area contributed by atoms with E-state index in [0.29, 0.717) is 18.0 Å². The summed E-state index contributed by atoms with van der Waals surface area (Å²) in [6, 6.07) is 1.10. The number of hydrogen-bond donors (Lipinski definition) is 0. The first-order chi connectivity index (χ1) is 6.11. The molecule has 1 nitrogen and oxygen atoms in total. The molecule has 13 heavy (non-hydrogen) atoms. The zero-order valence-corrected chi connectivity index (χ0v) is 9.17. The Morgan fingerprint density at radius 2 is 1.69 bits per heavy atom. The van der Waals surface area contributed by atoms with E-state index in [2.05, 4.69) is 44.2 Å². The van der Waals surface area contributed by atoms with Gasteiger partial charge in [-0.1, -0.05) is 27.7 Å². The highest BCUT2D eigenvalue weighted by molar-refractivity contribution is 6.43. The van der Waals surface area contributed by atoms with Crippen LogP contribution in [0, 0.1) is 17.7 Å². The van der Waals surface area contributed by atoms with Crippen molar-refractivity contribution in [3.63, 3.8) is 0 Å². The maximum atomic E-state index is 3.25. The van der Waals surface area contributed by atoms with Gasteiger partial charge in [0.25, 0.3) is 0 Å². The SMILES string of the molecule is CC(C)N([B]C#CC1CC1)C(C)C. The molecule has 0 unspecified atom stereocenters. The zero-order chi connectivity index (χ0) is 9.84. The molecule has 0 N–H and O–H groups in total. The lowest BCUT2D eigenvalue weighted by molar-refractivity contribution is 0.315. The summed E-state index contributed by atoms with van der Waals surface area (Å²) in [5.74, 6) is 7.12. The van der Waals surface area contributed by atoms with Gasteiger partial charge in [0.05, 0.1) is 0 Å². The highest BCUT2D eigenvalue weighted by Crippen LogP contribution is 2.27. The molecule has 71 valence electrons. The first-order valence-corrected chi connectivity index (χ1v) is 5.23. The van der Waals surface area contributed by atoms with E-state index < -0.39 is 0 Å². The lowest BCUT2D eigenvalue weighted by atomic mass is 9.88. The molecule has 1 aliphatic carbocycles. The topological polar surface area (TPSA) is 3.24 Å². The molecule has 1 fully saturated rings. The molecule has 0 spiro atoms. The van der Waals surface area contributed by atoms with E-state index in [1.807, 2.05) is 7.41 Å². The third-order valence-corrected chi connectivity index (χ3v) is 2.27. The maximum absolute atomic E-state index is 3.25. The minimum Gasteiger partial charge on any atom is -0.330 e. The lowest BCUT2D eigenvalue weighted by Gasteiger charge is -2.27. The summed E-state index contributed by atoms with van der Waals surface area (Å²) in [4.78, 5) is 2.30. The second-order valence-electron chi connectivity index (χ2n) is 4.33. The van der Waals surface area contributed by atoms with Crippen LogP contribution in [0.3, 0.4) is 0 Å². The van der Waals surface area contributed by atoms with Gasteiger partial charge in [0.15, 0.2) is 0 Å². The van der Waals surface area contributed by atoms with E-state index in [4.69, 9.17) is 0 Å². The van der Waals surface area contributed by atoms with Crippen LogP contribution >= 0.6 is 0 Å². The monoisotopic (exact) mass is 176 g/mol. The quantitative estimate of drug-likeness (QED) is 0.470. The van der Waals surface area contributed by atoms with Crippen molar-refractivity contribution >= 4 is 7.41 Å². The normalized spacial score (nSPS) is 16.2. The lowest BCUT2D eigenvalue weighted by Crippen LogP contribution is -2.39. The van der Waals surface area contributed by atoms with Gasteiger partial charge in [-0.3, -0.25) is 0 Å². The molecular formula is C11H19BN. The first kappa shape index (κ1) is 10.7. The Labute approximate surface area is 83.2 Å². The number of hydrogen-bond acceptors (Lipinski definition) is 1. The number of rotatable bonds is 3. The van der Waals surface area contributed by atoms with Crippen molar-refractivity contribution in [3.8, 4) is 11.7 Å². The summed E-state index contributed by atoms with van der Waals surface area (Å²) in [5, 5.41) is 0. The second-order valence-corrected chi connectivity index (χ2v) is 4.33. The Morgan fingerprint density at radius 3 is 2.08 bits per heavy atom. The smallest absolute Gasteiger partial charge is 0.312 e. The van der Waals surface area contributed by atoms with Gasteiger partial charge < -0.3 is 4.81 Å². The van der Waals surface area contributed by atoms with Crippen LogP contribution < -0.4 is 0 Å². The number of nitrogens with zero attached hydrogens (tertiary/aromatic N) is 1. The average Bonchev–Trinajstić information content (AvgIpc) is 2.79. The maximum Gasteiger partial charge on any atom is 0.312 e. The van der Waals surface area contributed by atoms with E-state index in [1.165, 1.54) is 12.8 Å². The largest absolute Gasteiger partial charge is 0.330 e. The molecule has 0 heterocycles. The predicted octanol–water partition coefficient (Wildman–Crippen LogP) is 2.10. The molecule has 0 saturated heterocycles. The summed E-state index contributed by atoms with van der Waals surface area (Å²) < 4.78 is 0. The van der Waals surface area contributed by atoms with Crippen LogP contribution in [0.5, 0.6) is 0 Å². The molecular weight excluding hydrogens is 157 g/mol. The van der Waals surface area contributed by atoms with Gasteiger partial charge in [-0.25, -0.2) is 0 Å². The summed E-state index contributed by atoms with van der Waals surface area (Å²) in [6.45, 7) is 8.81. The highest BCUT2D eigenvalue weighted by Gasteiger charge is 2.18. The molecule has 0 aliphatic heterocycles. The van der Waals surface area contributed by atoms with Crippen LogP contribution in [0.1, 0.15) is 40.5 Å². The fourth-order valence-corrected chi connectivity index (χ4v) is 1.35. The molecule has 1 saturated carbocycles. The van der Waals surface area contributed by atoms with Crippen LogP contribution in [-0.4, -0.2) is 24.3 Å². The van der Waals surface area contributed by atoms with E-state index in [1.54, 1.807) is 0 Å². The van der Waals surface area contributed by atoms with Crippen molar-refractivity contribution in [3.05, 3.63) is 0 Å². The zero-order valence-electron chi connectivity index (χ0n) is 9.17. The molecule has 1 radical (unpaired) electrons. The molecule has 1 rings (SSSR count). The summed E-state index contributed by atoms with van der Waals surface area (Å²) in [6.07, 6.45) is 2.62. The second kappa shape index (κ2) is 4.72. The van der Waals surface area contributed by atoms with Crippen molar-refractivity contribution < 1.29 is 0 Å². The predicted molar refractivity (Wildman–Crippen MR) is 58.4 cm³/mol. The fourth-order valence-electron chi connectivity index (χ4n) is 1.35. The summed E-state index contributed by atoms with van der Waals surface area (Å²) >= 11 is 0. The Bertz CT molecular complexity index is 200. The van der Waals surface area contributed by atoms with Gasteiger partial charge in [-0.2, -0.15) is 0 Å². The Balaban J connectivity index is 2.34. The van der Waals surface area contributed by atoms with Crippen LogP contribution in [-0.2, 0) is 0 Å². The van der Waals surface area contributed by atoms with Gasteiger partial charge in [0, 0.05) is 5.92 Å². The fraction of sp³-hybridized carbons (Fsp3) is 0.818. The molecule has 0 aromatic rings. The van der Waals surface area contributed by atoms with Gasteiger partial charge in [0.2, 0.25) is 0 Å². The van der Waals surface area contributed by atoms with E-state index in [9.17, 15) is 0 Å². The summed E-state index contributed by atoms with van der Waals surface area (Å²) in [7, 11) is 2.05. The van der Waals surface area contributed by atoms with Crippen molar-refractivity contribution in [2.45, 2.75) is 52.6 Å². The van der Waals surface area contributed by atoms with Gasteiger partial charge in [-0.15, -0.1) is 11.7 Å². The molecule has 0 amide bonds. The molecule has 0 aromatic carbocycles. The Morgan fingerprint density at radius 1 is 1.15 bits per heavy atom. The highest BCUT2D eigenvalue weighted by atomic mass is 15.1. The van der Waals surface area contributed by atoms with Crippen LogP contribution in [0.15, 0.2) is 0 Å². The van der Waals surface area contributed by atoms with Crippen molar-refractivity contribution in [2.24, 2.45) is 5.92 Å². The van der Waals surface area contributed by atoms with Crippen molar-refractivity contribution in [1.29, 1.82) is 0 Å². The minimum atomic E-state index is 0.550. The third kappa shape index (κ3) is 3.87. The van der Waals surface area contributed by atoms with E-state index in [-0.39, 0.29) is 0 Å². The van der Waals surface area contributed by atoms with Gasteiger partial charge >= 0.3 is 7.41 Å². The van der Waals surface area contributed by atoms with Crippen LogP contribution in [0.4, 0.5) is 0 Å². The van der Waals surface area contributed by atoms with Crippen molar-refractivity contribution in [1.82, 2.24) is 4.81 Å². The van der Waals surface area contributed by atoms with Gasteiger partial charge in [0.1, 0.15) is 0 Å². The standard InChI is InChI=1S/C11H19BN/c1-9(2)13(10(3)4)12-8-7-11-5-6-11/h9-11H,5-6H2,1-4H3.